The maximum absolute atomic E-state index is 4.36. The SMILES string of the molecule is Cc1cc(C)cc(C(NC2CCC(N(C)C)CC2)c2cccnc2)c1. The van der Waals surface area contributed by atoms with Gasteiger partial charge >= 0.3 is 0 Å². The quantitative estimate of drug-likeness (QED) is 0.884. The first-order chi connectivity index (χ1) is 12.0. The number of benzene rings is 1. The lowest BCUT2D eigenvalue weighted by Gasteiger charge is -2.35. The molecular weight excluding hydrogens is 306 g/mol. The molecule has 1 heterocycles. The first kappa shape index (κ1) is 18.1. The van der Waals surface area contributed by atoms with Crippen molar-refractivity contribution in [1.82, 2.24) is 15.2 Å². The third kappa shape index (κ3) is 4.68. The summed E-state index contributed by atoms with van der Waals surface area (Å²) in [6, 6.07) is 12.6. The Morgan fingerprint density at radius 1 is 1.00 bits per heavy atom. The molecular formula is C22H31N3. The standard InChI is InChI=1S/C22H31N3/c1-16-12-17(2)14-19(13-16)22(18-6-5-11-23-15-18)24-20-7-9-21(10-8-20)25(3)4/h5-6,11-15,20-22,24H,7-10H2,1-4H3. The fourth-order valence-electron chi connectivity index (χ4n) is 4.10. The Balaban J connectivity index is 1.81. The Morgan fingerprint density at radius 3 is 2.24 bits per heavy atom. The van der Waals surface area contributed by atoms with Gasteiger partial charge in [-0.15, -0.1) is 0 Å². The van der Waals surface area contributed by atoms with Crippen molar-refractivity contribution in [3.05, 3.63) is 65.0 Å². The van der Waals surface area contributed by atoms with Crippen LogP contribution in [0.5, 0.6) is 0 Å². The van der Waals surface area contributed by atoms with Crippen LogP contribution in [-0.4, -0.2) is 36.1 Å². The largest absolute Gasteiger partial charge is 0.306 e. The van der Waals surface area contributed by atoms with Crippen LogP contribution in [0.15, 0.2) is 42.7 Å². The number of aromatic nitrogens is 1. The molecule has 0 saturated heterocycles. The van der Waals surface area contributed by atoms with Gasteiger partial charge in [-0.1, -0.05) is 35.4 Å². The molecule has 1 saturated carbocycles. The van der Waals surface area contributed by atoms with E-state index in [0.29, 0.717) is 6.04 Å². The molecule has 0 radical (unpaired) electrons. The normalized spacial score (nSPS) is 22.1. The summed E-state index contributed by atoms with van der Waals surface area (Å²) in [5.41, 5.74) is 5.24. The van der Waals surface area contributed by atoms with Crippen LogP contribution in [0.2, 0.25) is 0 Å². The first-order valence-corrected chi connectivity index (χ1v) is 9.43. The third-order valence-corrected chi connectivity index (χ3v) is 5.42. The summed E-state index contributed by atoms with van der Waals surface area (Å²) in [6.07, 6.45) is 8.88. The van der Waals surface area contributed by atoms with Crippen LogP contribution in [0.3, 0.4) is 0 Å². The average Bonchev–Trinajstić information content (AvgIpc) is 2.60. The molecule has 1 atom stereocenters. The van der Waals surface area contributed by atoms with E-state index in [0.717, 1.165) is 6.04 Å². The van der Waals surface area contributed by atoms with Crippen LogP contribution in [0.4, 0.5) is 0 Å². The molecule has 2 aromatic rings. The van der Waals surface area contributed by atoms with Crippen molar-refractivity contribution in [2.24, 2.45) is 0 Å². The van der Waals surface area contributed by atoms with Gasteiger partial charge in [-0.25, -0.2) is 0 Å². The molecule has 1 fully saturated rings. The molecule has 0 bridgehead atoms. The van der Waals surface area contributed by atoms with Crippen molar-refractivity contribution in [3.63, 3.8) is 0 Å². The molecule has 1 aliphatic carbocycles. The highest BCUT2D eigenvalue weighted by Crippen LogP contribution is 2.28. The molecule has 0 spiro atoms. The van der Waals surface area contributed by atoms with Crippen LogP contribution in [0.1, 0.15) is 54.0 Å². The zero-order chi connectivity index (χ0) is 17.8. The van der Waals surface area contributed by atoms with Gasteiger partial charge in [0.1, 0.15) is 0 Å². The molecule has 1 aromatic carbocycles. The van der Waals surface area contributed by atoms with Crippen molar-refractivity contribution in [2.45, 2.75) is 57.7 Å². The number of nitrogens with one attached hydrogen (secondary N) is 1. The number of aryl methyl sites for hydroxylation is 2. The van der Waals surface area contributed by atoms with E-state index in [9.17, 15) is 0 Å². The van der Waals surface area contributed by atoms with E-state index in [4.69, 9.17) is 0 Å². The molecule has 1 unspecified atom stereocenters. The molecule has 1 N–H and O–H groups in total. The minimum atomic E-state index is 0.216. The van der Waals surface area contributed by atoms with Gasteiger partial charge in [0, 0.05) is 24.5 Å². The van der Waals surface area contributed by atoms with E-state index < -0.39 is 0 Å². The molecule has 3 heteroatoms. The van der Waals surface area contributed by atoms with Crippen LogP contribution in [-0.2, 0) is 0 Å². The molecule has 134 valence electrons. The molecule has 25 heavy (non-hydrogen) atoms. The highest BCUT2D eigenvalue weighted by Gasteiger charge is 2.25. The van der Waals surface area contributed by atoms with Gasteiger partial charge in [0.25, 0.3) is 0 Å². The second-order valence-corrected chi connectivity index (χ2v) is 7.78. The number of hydrogen-bond acceptors (Lipinski definition) is 3. The number of rotatable bonds is 5. The van der Waals surface area contributed by atoms with Crippen LogP contribution < -0.4 is 5.32 Å². The lowest BCUT2D eigenvalue weighted by Crippen LogP contribution is -2.41. The van der Waals surface area contributed by atoms with Crippen molar-refractivity contribution in [1.29, 1.82) is 0 Å². The van der Waals surface area contributed by atoms with Crippen molar-refractivity contribution >= 4 is 0 Å². The summed E-state index contributed by atoms with van der Waals surface area (Å²) in [5.74, 6) is 0. The van der Waals surface area contributed by atoms with Crippen molar-refractivity contribution < 1.29 is 0 Å². The van der Waals surface area contributed by atoms with Gasteiger partial charge in [0.2, 0.25) is 0 Å². The average molecular weight is 338 g/mol. The Hall–Kier alpha value is -1.71. The second kappa shape index (κ2) is 8.11. The Morgan fingerprint density at radius 2 is 1.68 bits per heavy atom. The van der Waals surface area contributed by atoms with E-state index in [1.807, 2.05) is 18.5 Å². The lowest BCUT2D eigenvalue weighted by molar-refractivity contribution is 0.201. The smallest absolute Gasteiger partial charge is 0.0594 e. The fourth-order valence-corrected chi connectivity index (χ4v) is 4.10. The topological polar surface area (TPSA) is 28.2 Å². The summed E-state index contributed by atoms with van der Waals surface area (Å²) >= 11 is 0. The summed E-state index contributed by atoms with van der Waals surface area (Å²) < 4.78 is 0. The van der Waals surface area contributed by atoms with Gasteiger partial charge in [-0.3, -0.25) is 4.98 Å². The highest BCUT2D eigenvalue weighted by molar-refractivity contribution is 5.36. The van der Waals surface area contributed by atoms with Gasteiger partial charge in [-0.2, -0.15) is 0 Å². The van der Waals surface area contributed by atoms with E-state index >= 15 is 0 Å². The van der Waals surface area contributed by atoms with Crippen molar-refractivity contribution in [2.75, 3.05) is 14.1 Å². The summed E-state index contributed by atoms with van der Waals surface area (Å²) in [4.78, 5) is 6.73. The minimum absolute atomic E-state index is 0.216. The zero-order valence-electron chi connectivity index (χ0n) is 16.0. The predicted molar refractivity (Wildman–Crippen MR) is 105 cm³/mol. The van der Waals surface area contributed by atoms with Crippen LogP contribution in [0.25, 0.3) is 0 Å². The minimum Gasteiger partial charge on any atom is -0.306 e. The van der Waals surface area contributed by atoms with E-state index in [1.54, 1.807) is 0 Å². The van der Waals surface area contributed by atoms with Gasteiger partial charge < -0.3 is 10.2 Å². The zero-order valence-corrected chi connectivity index (χ0v) is 16.0. The summed E-state index contributed by atoms with van der Waals surface area (Å²) in [7, 11) is 4.40. The molecule has 3 rings (SSSR count). The van der Waals surface area contributed by atoms with Crippen molar-refractivity contribution in [3.8, 4) is 0 Å². The fraction of sp³-hybridized carbons (Fsp3) is 0.500. The highest BCUT2D eigenvalue weighted by atomic mass is 15.1. The van der Waals surface area contributed by atoms with E-state index in [1.165, 1.54) is 47.9 Å². The van der Waals surface area contributed by atoms with E-state index in [-0.39, 0.29) is 6.04 Å². The monoisotopic (exact) mass is 337 g/mol. The maximum Gasteiger partial charge on any atom is 0.0594 e. The van der Waals surface area contributed by atoms with Gasteiger partial charge in [0.15, 0.2) is 0 Å². The number of nitrogens with zero attached hydrogens (tertiary/aromatic N) is 2. The summed E-state index contributed by atoms with van der Waals surface area (Å²) in [6.45, 7) is 4.36. The Kier molecular flexibility index (Phi) is 5.87. The number of pyridine rings is 1. The lowest BCUT2D eigenvalue weighted by atomic mass is 9.88. The number of hydrogen-bond donors (Lipinski definition) is 1. The van der Waals surface area contributed by atoms with Crippen LogP contribution in [0, 0.1) is 13.8 Å². The molecule has 3 nitrogen and oxygen atoms in total. The Bertz CT molecular complexity index is 653. The van der Waals surface area contributed by atoms with Gasteiger partial charge in [0.05, 0.1) is 6.04 Å². The molecule has 1 aromatic heterocycles. The third-order valence-electron chi connectivity index (χ3n) is 5.42. The molecule has 0 amide bonds. The van der Waals surface area contributed by atoms with Crippen LogP contribution >= 0.6 is 0 Å². The molecule has 1 aliphatic rings. The molecule has 0 aliphatic heterocycles. The Labute approximate surface area is 152 Å². The second-order valence-electron chi connectivity index (χ2n) is 7.78. The van der Waals surface area contributed by atoms with E-state index in [2.05, 4.69) is 67.4 Å². The predicted octanol–water partition coefficient (Wildman–Crippen LogP) is 4.25. The first-order valence-electron chi connectivity index (χ1n) is 9.43. The summed E-state index contributed by atoms with van der Waals surface area (Å²) in [5, 5.41) is 3.94. The van der Waals surface area contributed by atoms with Gasteiger partial charge in [-0.05, 0) is 70.8 Å². The maximum atomic E-state index is 4.36.